The molecule has 0 bridgehead atoms. The maximum atomic E-state index is 12.9. The maximum absolute atomic E-state index is 12.9. The van der Waals surface area contributed by atoms with Crippen molar-refractivity contribution in [2.75, 3.05) is 7.05 Å². The fourth-order valence-electron chi connectivity index (χ4n) is 4.18. The molecule has 0 saturated heterocycles. The number of benzene rings is 2. The van der Waals surface area contributed by atoms with Gasteiger partial charge in [0.25, 0.3) is 11.5 Å². The van der Waals surface area contributed by atoms with Crippen LogP contribution in [0.4, 0.5) is 0 Å². The molecule has 7 nitrogen and oxygen atoms in total. The van der Waals surface area contributed by atoms with Crippen LogP contribution in [0.5, 0.6) is 0 Å². The van der Waals surface area contributed by atoms with Crippen LogP contribution >= 0.6 is 12.2 Å². The minimum atomic E-state index is -0.117. The van der Waals surface area contributed by atoms with Crippen molar-refractivity contribution in [3.8, 4) is 0 Å². The van der Waals surface area contributed by atoms with Crippen LogP contribution in [-0.4, -0.2) is 39.4 Å². The van der Waals surface area contributed by atoms with E-state index in [0.29, 0.717) is 41.3 Å². The van der Waals surface area contributed by atoms with Gasteiger partial charge < -0.3 is 15.2 Å². The molecule has 1 fully saturated rings. The summed E-state index contributed by atoms with van der Waals surface area (Å²) in [5.41, 5.74) is 2.32. The Hall–Kier alpha value is -3.26. The topological polar surface area (TPSA) is 87.2 Å². The average Bonchev–Trinajstić information content (AvgIpc) is 3.69. The van der Waals surface area contributed by atoms with Gasteiger partial charge in [-0.3, -0.25) is 19.0 Å². The summed E-state index contributed by atoms with van der Waals surface area (Å²) >= 11 is 5.37. The molecule has 0 unspecified atom stereocenters. The lowest BCUT2D eigenvalue weighted by Gasteiger charge is -2.23. The number of unbranched alkanes of at least 4 members (excludes halogenated alkanes) is 2. The summed E-state index contributed by atoms with van der Waals surface area (Å²) in [4.78, 5) is 42.5. The van der Waals surface area contributed by atoms with Crippen LogP contribution in [0.15, 0.2) is 53.3 Å². The molecular weight excluding hydrogens is 448 g/mol. The van der Waals surface area contributed by atoms with Gasteiger partial charge in [0.05, 0.1) is 10.9 Å². The van der Waals surface area contributed by atoms with E-state index in [1.807, 2.05) is 35.2 Å². The van der Waals surface area contributed by atoms with E-state index in [4.69, 9.17) is 12.2 Å². The average molecular weight is 479 g/mol. The van der Waals surface area contributed by atoms with E-state index in [9.17, 15) is 14.4 Å². The van der Waals surface area contributed by atoms with E-state index in [1.165, 1.54) is 0 Å². The second kappa shape index (κ2) is 10.8. The number of carbonyl (C=O) groups excluding carboxylic acids is 2. The largest absolute Gasteiger partial charge is 0.355 e. The van der Waals surface area contributed by atoms with Gasteiger partial charge in [0.1, 0.15) is 0 Å². The van der Waals surface area contributed by atoms with Crippen LogP contribution in [0.25, 0.3) is 10.9 Å². The second-order valence-electron chi connectivity index (χ2n) is 8.77. The summed E-state index contributed by atoms with van der Waals surface area (Å²) in [6.45, 7) is 1.11. The van der Waals surface area contributed by atoms with Crippen molar-refractivity contribution in [3.63, 3.8) is 0 Å². The Morgan fingerprint density at radius 3 is 2.53 bits per heavy atom. The Morgan fingerprint density at radius 1 is 1.09 bits per heavy atom. The Morgan fingerprint density at radius 2 is 1.82 bits per heavy atom. The fraction of sp³-hybridized carbons (Fsp3) is 0.385. The third-order valence-corrected chi connectivity index (χ3v) is 6.59. The molecule has 34 heavy (non-hydrogen) atoms. The Balaban J connectivity index is 1.28. The zero-order valence-electron chi connectivity index (χ0n) is 19.4. The number of aromatic amines is 1. The highest BCUT2D eigenvalue weighted by atomic mass is 32.1. The van der Waals surface area contributed by atoms with E-state index < -0.39 is 0 Å². The Labute approximate surface area is 203 Å². The van der Waals surface area contributed by atoms with Crippen LogP contribution in [0.1, 0.15) is 54.4 Å². The van der Waals surface area contributed by atoms with Crippen molar-refractivity contribution in [1.29, 1.82) is 0 Å². The third-order valence-electron chi connectivity index (χ3n) is 6.27. The Kier molecular flexibility index (Phi) is 7.57. The fourth-order valence-corrected chi connectivity index (χ4v) is 4.46. The zero-order valence-corrected chi connectivity index (χ0v) is 20.2. The molecule has 1 aliphatic rings. The first-order valence-electron chi connectivity index (χ1n) is 11.8. The minimum Gasteiger partial charge on any atom is -0.355 e. The number of hydrogen-bond donors (Lipinski definition) is 2. The van der Waals surface area contributed by atoms with Crippen LogP contribution in [-0.2, 0) is 17.9 Å². The Bertz CT molecular complexity index is 1290. The molecule has 1 heterocycles. The van der Waals surface area contributed by atoms with Gasteiger partial charge in [0.15, 0.2) is 4.77 Å². The van der Waals surface area contributed by atoms with Crippen molar-refractivity contribution in [2.24, 2.45) is 0 Å². The number of nitrogens with zero attached hydrogens (tertiary/aromatic N) is 2. The number of rotatable bonds is 10. The van der Waals surface area contributed by atoms with E-state index in [0.717, 1.165) is 43.2 Å². The molecule has 3 aromatic rings. The number of H-pyrrole nitrogens is 1. The molecule has 0 spiro atoms. The number of carbonyl (C=O) groups is 2. The van der Waals surface area contributed by atoms with Crippen LogP contribution < -0.4 is 10.9 Å². The highest BCUT2D eigenvalue weighted by molar-refractivity contribution is 7.71. The van der Waals surface area contributed by atoms with Crippen LogP contribution in [0, 0.1) is 4.77 Å². The molecule has 178 valence electrons. The number of hydrogen-bond acceptors (Lipinski definition) is 4. The number of nitrogens with one attached hydrogen (secondary N) is 2. The van der Waals surface area contributed by atoms with Crippen LogP contribution in [0.2, 0.25) is 0 Å². The molecular formula is C26H30N4O3S. The van der Waals surface area contributed by atoms with Gasteiger partial charge in [-0.2, -0.15) is 0 Å². The summed E-state index contributed by atoms with van der Waals surface area (Å²) in [6, 6.07) is 15.1. The molecule has 2 N–H and O–H groups in total. The summed E-state index contributed by atoms with van der Waals surface area (Å²) in [6.07, 6.45) is 4.99. The number of amides is 2. The standard InChI is InChI=1S/C26H30N4O3S/c1-27-24(32)19-12-10-18(11-13-19)17-30(20-14-15-20)23(31)9-3-2-6-16-29-25(33)21-7-4-5-8-22(21)28-26(29)34/h4-5,7-8,10-13,20H,2-3,6,9,14-17H2,1H3,(H,27,32)(H,28,34). The number of aromatic nitrogens is 2. The summed E-state index contributed by atoms with van der Waals surface area (Å²) in [5, 5.41) is 3.25. The van der Waals surface area contributed by atoms with E-state index in [-0.39, 0.29) is 17.4 Å². The maximum Gasteiger partial charge on any atom is 0.262 e. The monoisotopic (exact) mass is 478 g/mol. The highest BCUT2D eigenvalue weighted by Gasteiger charge is 2.32. The van der Waals surface area contributed by atoms with Gasteiger partial charge in [-0.15, -0.1) is 0 Å². The molecule has 2 aromatic carbocycles. The first-order chi connectivity index (χ1) is 16.5. The summed E-state index contributed by atoms with van der Waals surface area (Å²) < 4.78 is 2.04. The van der Waals surface area contributed by atoms with Gasteiger partial charge in [-0.25, -0.2) is 0 Å². The number of fused-ring (bicyclic) bond motifs is 1. The van der Waals surface area contributed by atoms with Gasteiger partial charge >= 0.3 is 0 Å². The molecule has 2 amide bonds. The molecule has 1 aromatic heterocycles. The van der Waals surface area contributed by atoms with Crippen molar-refractivity contribution >= 4 is 34.9 Å². The second-order valence-corrected chi connectivity index (χ2v) is 9.16. The third kappa shape index (κ3) is 5.62. The quantitative estimate of drug-likeness (QED) is 0.338. The normalized spacial score (nSPS) is 13.1. The lowest BCUT2D eigenvalue weighted by Crippen LogP contribution is -2.32. The molecule has 1 saturated carbocycles. The lowest BCUT2D eigenvalue weighted by molar-refractivity contribution is -0.132. The van der Waals surface area contributed by atoms with Gasteiger partial charge in [0.2, 0.25) is 5.91 Å². The predicted octanol–water partition coefficient (Wildman–Crippen LogP) is 4.17. The first-order valence-corrected chi connectivity index (χ1v) is 12.2. The van der Waals surface area contributed by atoms with Gasteiger partial charge in [0, 0.05) is 38.2 Å². The molecule has 0 atom stereocenters. The first kappa shape index (κ1) is 23.9. The highest BCUT2D eigenvalue weighted by Crippen LogP contribution is 2.29. The molecule has 1 aliphatic carbocycles. The van der Waals surface area contributed by atoms with E-state index in [1.54, 1.807) is 29.8 Å². The van der Waals surface area contributed by atoms with Crippen molar-refractivity contribution in [3.05, 3.63) is 74.8 Å². The van der Waals surface area contributed by atoms with E-state index >= 15 is 0 Å². The number of para-hydroxylation sites is 1. The lowest BCUT2D eigenvalue weighted by atomic mass is 10.1. The van der Waals surface area contributed by atoms with Crippen molar-refractivity contribution in [2.45, 2.75) is 57.7 Å². The van der Waals surface area contributed by atoms with Gasteiger partial charge in [-0.05, 0) is 67.7 Å². The van der Waals surface area contributed by atoms with Gasteiger partial charge in [-0.1, -0.05) is 30.7 Å². The predicted molar refractivity (Wildman–Crippen MR) is 135 cm³/mol. The smallest absolute Gasteiger partial charge is 0.262 e. The summed E-state index contributed by atoms with van der Waals surface area (Å²) in [7, 11) is 1.61. The molecule has 4 rings (SSSR count). The SMILES string of the molecule is CNC(=O)c1ccc(CN(C(=O)CCCCCn2c(=S)[nH]c3ccccc3c2=O)C2CC2)cc1. The molecule has 0 radical (unpaired) electrons. The van der Waals surface area contributed by atoms with Crippen molar-refractivity contribution in [1.82, 2.24) is 19.8 Å². The zero-order chi connectivity index (χ0) is 24.1. The summed E-state index contributed by atoms with van der Waals surface area (Å²) in [5.74, 6) is 0.0479. The molecule has 0 aliphatic heterocycles. The minimum absolute atomic E-state index is 0.0715. The van der Waals surface area contributed by atoms with Crippen molar-refractivity contribution < 1.29 is 9.59 Å². The van der Waals surface area contributed by atoms with E-state index in [2.05, 4.69) is 10.3 Å². The van der Waals surface area contributed by atoms with Crippen LogP contribution in [0.3, 0.4) is 0 Å². The molecule has 8 heteroatoms.